The molecule has 24 heavy (non-hydrogen) atoms. The Morgan fingerprint density at radius 2 is 1.79 bits per heavy atom. The maximum absolute atomic E-state index is 12.6. The molecule has 3 aromatic rings. The minimum Gasteiger partial charge on any atom is -0.455 e. The summed E-state index contributed by atoms with van der Waals surface area (Å²) in [6.45, 7) is 0. The number of H-pyrrole nitrogens is 1. The van der Waals surface area contributed by atoms with Crippen LogP contribution in [0.4, 0.5) is 13.2 Å². The second-order valence-electron chi connectivity index (χ2n) is 4.80. The van der Waals surface area contributed by atoms with Crippen molar-refractivity contribution < 1.29 is 22.7 Å². The van der Waals surface area contributed by atoms with Crippen LogP contribution in [0.15, 0.2) is 48.7 Å². The molecule has 0 aliphatic heterocycles. The Kier molecular flexibility index (Phi) is 4.03. The maximum Gasteiger partial charge on any atom is 0.416 e. The van der Waals surface area contributed by atoms with Gasteiger partial charge in [0.05, 0.1) is 11.3 Å². The van der Waals surface area contributed by atoms with E-state index in [4.69, 9.17) is 4.74 Å². The summed E-state index contributed by atoms with van der Waals surface area (Å²) in [6, 6.07) is 8.89. The van der Waals surface area contributed by atoms with Gasteiger partial charge in [0.25, 0.3) is 0 Å². The summed E-state index contributed by atoms with van der Waals surface area (Å²) in [5, 5.41) is 6.51. The van der Waals surface area contributed by atoms with Crippen LogP contribution in [0, 0.1) is 0 Å². The van der Waals surface area contributed by atoms with Gasteiger partial charge < -0.3 is 4.74 Å². The van der Waals surface area contributed by atoms with Crippen molar-refractivity contribution in [2.45, 2.75) is 6.18 Å². The molecule has 5 nitrogen and oxygen atoms in total. The van der Waals surface area contributed by atoms with Gasteiger partial charge in [0.1, 0.15) is 17.1 Å². The van der Waals surface area contributed by atoms with Crippen molar-refractivity contribution in [2.75, 3.05) is 0 Å². The van der Waals surface area contributed by atoms with Crippen LogP contribution in [0.2, 0.25) is 0 Å². The number of hydrogen-bond donors (Lipinski definition) is 1. The zero-order chi connectivity index (χ0) is 17.2. The Morgan fingerprint density at radius 1 is 1.04 bits per heavy atom. The van der Waals surface area contributed by atoms with E-state index in [0.29, 0.717) is 17.7 Å². The highest BCUT2D eigenvalue weighted by atomic mass is 19.4. The third-order valence-corrected chi connectivity index (χ3v) is 3.17. The SMILES string of the molecule is O=Cc1ccc(Oc2ccc(C(F)(F)F)cc2)c(-c2ccn[nH]2)n1. The van der Waals surface area contributed by atoms with E-state index in [1.165, 1.54) is 30.5 Å². The molecule has 0 aliphatic rings. The maximum atomic E-state index is 12.6. The number of rotatable bonds is 4. The molecule has 0 radical (unpaired) electrons. The van der Waals surface area contributed by atoms with E-state index in [1.54, 1.807) is 6.07 Å². The fourth-order valence-electron chi connectivity index (χ4n) is 2.03. The molecule has 0 atom stereocenters. The highest BCUT2D eigenvalue weighted by Crippen LogP contribution is 2.33. The lowest BCUT2D eigenvalue weighted by molar-refractivity contribution is -0.137. The number of halogens is 3. The lowest BCUT2D eigenvalue weighted by Gasteiger charge is -2.11. The largest absolute Gasteiger partial charge is 0.455 e. The number of alkyl halides is 3. The van der Waals surface area contributed by atoms with E-state index < -0.39 is 11.7 Å². The van der Waals surface area contributed by atoms with Gasteiger partial charge in [-0.05, 0) is 42.5 Å². The van der Waals surface area contributed by atoms with Crippen molar-refractivity contribution in [1.29, 1.82) is 0 Å². The van der Waals surface area contributed by atoms with Gasteiger partial charge in [-0.25, -0.2) is 4.98 Å². The van der Waals surface area contributed by atoms with Gasteiger partial charge in [-0.1, -0.05) is 0 Å². The number of benzene rings is 1. The molecule has 2 heterocycles. The fourth-order valence-corrected chi connectivity index (χ4v) is 2.03. The molecular formula is C16H10F3N3O2. The van der Waals surface area contributed by atoms with Crippen molar-refractivity contribution in [3.63, 3.8) is 0 Å². The third kappa shape index (κ3) is 3.27. The van der Waals surface area contributed by atoms with Crippen LogP contribution >= 0.6 is 0 Å². The topological polar surface area (TPSA) is 67.9 Å². The first-order chi connectivity index (χ1) is 11.5. The van der Waals surface area contributed by atoms with E-state index in [1.807, 2.05) is 0 Å². The number of pyridine rings is 1. The fraction of sp³-hybridized carbons (Fsp3) is 0.0625. The Labute approximate surface area is 134 Å². The second-order valence-corrected chi connectivity index (χ2v) is 4.80. The van der Waals surface area contributed by atoms with E-state index >= 15 is 0 Å². The van der Waals surface area contributed by atoms with Gasteiger partial charge in [-0.3, -0.25) is 9.89 Å². The van der Waals surface area contributed by atoms with Crippen molar-refractivity contribution in [2.24, 2.45) is 0 Å². The van der Waals surface area contributed by atoms with Crippen LogP contribution in [0.25, 0.3) is 11.4 Å². The van der Waals surface area contributed by atoms with Gasteiger partial charge >= 0.3 is 6.18 Å². The molecule has 122 valence electrons. The molecule has 8 heteroatoms. The first-order valence-corrected chi connectivity index (χ1v) is 6.78. The summed E-state index contributed by atoms with van der Waals surface area (Å²) in [5.41, 5.74) is 0.273. The van der Waals surface area contributed by atoms with Crippen LogP contribution in [0.3, 0.4) is 0 Å². The highest BCUT2D eigenvalue weighted by molar-refractivity contribution is 5.75. The van der Waals surface area contributed by atoms with Gasteiger partial charge in [-0.15, -0.1) is 0 Å². The number of hydrogen-bond acceptors (Lipinski definition) is 4. The normalized spacial score (nSPS) is 11.3. The molecule has 0 bridgehead atoms. The van der Waals surface area contributed by atoms with Crippen LogP contribution in [-0.4, -0.2) is 21.5 Å². The summed E-state index contributed by atoms with van der Waals surface area (Å²) in [7, 11) is 0. The monoisotopic (exact) mass is 333 g/mol. The molecule has 1 aromatic carbocycles. The Hall–Kier alpha value is -3.16. The molecule has 0 saturated carbocycles. The number of aromatic nitrogens is 3. The van der Waals surface area contributed by atoms with Crippen molar-refractivity contribution in [3.05, 3.63) is 59.9 Å². The number of aromatic amines is 1. The Morgan fingerprint density at radius 3 is 2.38 bits per heavy atom. The van der Waals surface area contributed by atoms with Gasteiger partial charge in [0.15, 0.2) is 12.0 Å². The molecule has 0 saturated heterocycles. The zero-order valence-corrected chi connectivity index (χ0v) is 12.0. The molecule has 0 spiro atoms. The van der Waals surface area contributed by atoms with Crippen molar-refractivity contribution in [3.8, 4) is 22.9 Å². The summed E-state index contributed by atoms with van der Waals surface area (Å²) < 4.78 is 43.4. The van der Waals surface area contributed by atoms with Crippen molar-refractivity contribution in [1.82, 2.24) is 15.2 Å². The van der Waals surface area contributed by atoms with E-state index in [9.17, 15) is 18.0 Å². The van der Waals surface area contributed by atoms with Crippen molar-refractivity contribution >= 4 is 6.29 Å². The summed E-state index contributed by atoms with van der Waals surface area (Å²) >= 11 is 0. The van der Waals surface area contributed by atoms with Gasteiger partial charge in [0.2, 0.25) is 0 Å². The molecule has 0 amide bonds. The third-order valence-electron chi connectivity index (χ3n) is 3.17. The molecule has 0 aliphatic carbocycles. The quantitative estimate of drug-likeness (QED) is 0.730. The summed E-state index contributed by atoms with van der Waals surface area (Å²) in [5.74, 6) is 0.494. The van der Waals surface area contributed by atoms with E-state index in [2.05, 4.69) is 15.2 Å². The molecule has 0 unspecified atom stereocenters. The molecule has 2 aromatic heterocycles. The Balaban J connectivity index is 1.94. The lowest BCUT2D eigenvalue weighted by atomic mass is 10.2. The first-order valence-electron chi connectivity index (χ1n) is 6.78. The highest BCUT2D eigenvalue weighted by Gasteiger charge is 2.30. The van der Waals surface area contributed by atoms with Crippen LogP contribution in [0.1, 0.15) is 16.1 Å². The van der Waals surface area contributed by atoms with E-state index in [0.717, 1.165) is 12.1 Å². The van der Waals surface area contributed by atoms with Crippen LogP contribution in [0.5, 0.6) is 11.5 Å². The predicted octanol–water partition coefficient (Wildman–Crippen LogP) is 4.10. The van der Waals surface area contributed by atoms with Gasteiger partial charge in [0, 0.05) is 6.20 Å². The molecule has 3 rings (SSSR count). The number of ether oxygens (including phenoxy) is 1. The molecule has 0 fully saturated rings. The molecular weight excluding hydrogens is 323 g/mol. The number of carbonyl (C=O) groups excluding carboxylic acids is 1. The number of carbonyl (C=O) groups is 1. The average Bonchev–Trinajstić information content (AvgIpc) is 3.09. The minimum atomic E-state index is -4.41. The second kappa shape index (κ2) is 6.15. The standard InChI is InChI=1S/C16H10F3N3O2/c17-16(18,19)10-1-4-12(5-2-10)24-14-6-3-11(9-23)21-15(14)13-7-8-20-22-13/h1-9H,(H,20,22). The lowest BCUT2D eigenvalue weighted by Crippen LogP contribution is -2.04. The van der Waals surface area contributed by atoms with Crippen LogP contribution < -0.4 is 4.74 Å². The smallest absolute Gasteiger partial charge is 0.416 e. The average molecular weight is 333 g/mol. The Bertz CT molecular complexity index is 844. The predicted molar refractivity (Wildman–Crippen MR) is 78.7 cm³/mol. The number of nitrogens with zero attached hydrogens (tertiary/aromatic N) is 2. The summed E-state index contributed by atoms with van der Waals surface area (Å²) in [6.07, 6.45) is -2.32. The van der Waals surface area contributed by atoms with Gasteiger partial charge in [-0.2, -0.15) is 18.3 Å². The van der Waals surface area contributed by atoms with Crippen LogP contribution in [-0.2, 0) is 6.18 Å². The summed E-state index contributed by atoms with van der Waals surface area (Å²) in [4.78, 5) is 15.0. The number of aldehydes is 1. The molecule has 1 N–H and O–H groups in total. The number of nitrogens with one attached hydrogen (secondary N) is 1. The minimum absolute atomic E-state index is 0.194. The zero-order valence-electron chi connectivity index (χ0n) is 12.0. The first kappa shape index (κ1) is 15.7. The van der Waals surface area contributed by atoms with E-state index in [-0.39, 0.29) is 17.2 Å².